The van der Waals surface area contributed by atoms with Gasteiger partial charge in [0.2, 0.25) is 0 Å². The maximum atomic E-state index is 13.8. The average molecular weight is 385 g/mol. The summed E-state index contributed by atoms with van der Waals surface area (Å²) >= 11 is 0. The second kappa shape index (κ2) is 8.82. The first-order valence-electron chi connectivity index (χ1n) is 7.62. The molecule has 1 saturated heterocycles. The number of piperidine rings is 1. The van der Waals surface area contributed by atoms with Crippen molar-refractivity contribution in [2.24, 2.45) is 5.41 Å². The Bertz CT molecular complexity index is 584. The summed E-state index contributed by atoms with van der Waals surface area (Å²) in [5, 5.41) is 5.76. The third kappa shape index (κ3) is 5.55. The van der Waals surface area contributed by atoms with Crippen LogP contribution in [0.3, 0.4) is 0 Å². The highest BCUT2D eigenvalue weighted by Gasteiger charge is 2.34. The summed E-state index contributed by atoms with van der Waals surface area (Å²) in [7, 11) is 1.55. The predicted molar refractivity (Wildman–Crippen MR) is 87.4 cm³/mol. The third-order valence-electron chi connectivity index (χ3n) is 4.28. The second-order valence-electron chi connectivity index (χ2n) is 6.06. The molecule has 0 aromatic heterocycles. The van der Waals surface area contributed by atoms with Crippen molar-refractivity contribution in [3.8, 4) is 0 Å². The van der Waals surface area contributed by atoms with Crippen LogP contribution in [0.4, 0.5) is 17.6 Å². The number of ether oxygens (including phenoxy) is 1. The molecule has 1 heterocycles. The highest BCUT2D eigenvalue weighted by Crippen LogP contribution is 2.31. The van der Waals surface area contributed by atoms with Gasteiger partial charge in [0.05, 0.1) is 17.7 Å². The first kappa shape index (κ1) is 21.7. The maximum absolute atomic E-state index is 13.8. The highest BCUT2D eigenvalue weighted by molar-refractivity contribution is 5.94. The van der Waals surface area contributed by atoms with Crippen LogP contribution in [0.2, 0.25) is 0 Å². The zero-order valence-corrected chi connectivity index (χ0v) is 14.5. The zero-order valence-electron chi connectivity index (χ0n) is 13.7. The van der Waals surface area contributed by atoms with E-state index in [9.17, 15) is 22.4 Å². The Hall–Kier alpha value is -1.38. The SMILES string of the molecule is COCC1(CNC(=O)c2cc(C(F)(F)F)ccc2F)CCNCC1.Cl. The van der Waals surface area contributed by atoms with E-state index < -0.39 is 29.0 Å². The molecule has 2 N–H and O–H groups in total. The van der Waals surface area contributed by atoms with E-state index >= 15 is 0 Å². The number of amides is 1. The van der Waals surface area contributed by atoms with Gasteiger partial charge < -0.3 is 15.4 Å². The molecule has 0 radical (unpaired) electrons. The van der Waals surface area contributed by atoms with Gasteiger partial charge in [0.15, 0.2) is 0 Å². The van der Waals surface area contributed by atoms with Gasteiger partial charge in [-0.2, -0.15) is 13.2 Å². The fourth-order valence-corrected chi connectivity index (χ4v) is 2.87. The first-order valence-corrected chi connectivity index (χ1v) is 7.62. The van der Waals surface area contributed by atoms with Crippen LogP contribution in [0.5, 0.6) is 0 Å². The van der Waals surface area contributed by atoms with Crippen LogP contribution >= 0.6 is 12.4 Å². The van der Waals surface area contributed by atoms with Gasteiger partial charge in [-0.1, -0.05) is 0 Å². The van der Waals surface area contributed by atoms with E-state index in [4.69, 9.17) is 4.74 Å². The number of methoxy groups -OCH3 is 1. The topological polar surface area (TPSA) is 50.4 Å². The van der Waals surface area contributed by atoms with Crippen LogP contribution in [0, 0.1) is 11.2 Å². The van der Waals surface area contributed by atoms with Gasteiger partial charge in [0.1, 0.15) is 5.82 Å². The molecule has 1 aliphatic rings. The standard InChI is InChI=1S/C16H20F4N2O2.ClH/c1-24-10-15(4-6-21-7-5-15)9-22-14(23)12-8-11(16(18,19)20)2-3-13(12)17;/h2-3,8,21H,4-7,9-10H2,1H3,(H,22,23);1H. The molecule has 0 saturated carbocycles. The molecule has 1 aliphatic heterocycles. The number of alkyl halides is 3. The fraction of sp³-hybridized carbons (Fsp3) is 0.562. The van der Waals surface area contributed by atoms with Gasteiger partial charge in [-0.25, -0.2) is 4.39 Å². The molecular formula is C16H21ClF4N2O2. The number of hydrogen-bond acceptors (Lipinski definition) is 3. The molecule has 9 heteroatoms. The Morgan fingerprint density at radius 2 is 1.96 bits per heavy atom. The Labute approximate surface area is 149 Å². The first-order chi connectivity index (χ1) is 11.3. The van der Waals surface area contributed by atoms with Crippen LogP contribution in [0.15, 0.2) is 18.2 Å². The number of halogens is 5. The molecular weight excluding hydrogens is 364 g/mol. The van der Waals surface area contributed by atoms with Crippen molar-refractivity contribution in [2.75, 3.05) is 33.4 Å². The number of carbonyl (C=O) groups excluding carboxylic acids is 1. The average Bonchev–Trinajstić information content (AvgIpc) is 2.53. The summed E-state index contributed by atoms with van der Waals surface area (Å²) in [6.45, 7) is 2.16. The zero-order chi connectivity index (χ0) is 17.8. The largest absolute Gasteiger partial charge is 0.416 e. The Kier molecular flexibility index (Phi) is 7.64. The molecule has 142 valence electrons. The summed E-state index contributed by atoms with van der Waals surface area (Å²) < 4.78 is 57.1. The molecule has 1 amide bonds. The van der Waals surface area contributed by atoms with Crippen LogP contribution in [-0.2, 0) is 10.9 Å². The van der Waals surface area contributed by atoms with E-state index in [2.05, 4.69) is 10.6 Å². The van der Waals surface area contributed by atoms with Gasteiger partial charge in [-0.15, -0.1) is 12.4 Å². The lowest BCUT2D eigenvalue weighted by Crippen LogP contribution is -2.47. The number of hydrogen-bond donors (Lipinski definition) is 2. The lowest BCUT2D eigenvalue weighted by Gasteiger charge is -2.37. The van der Waals surface area contributed by atoms with Gasteiger partial charge in [-0.3, -0.25) is 4.79 Å². The molecule has 4 nitrogen and oxygen atoms in total. The van der Waals surface area contributed by atoms with Crippen LogP contribution in [0.25, 0.3) is 0 Å². The number of rotatable bonds is 5. The normalized spacial score (nSPS) is 16.8. The summed E-state index contributed by atoms with van der Waals surface area (Å²) in [6, 6.07) is 1.81. The fourth-order valence-electron chi connectivity index (χ4n) is 2.87. The molecule has 0 spiro atoms. The van der Waals surface area contributed by atoms with Crippen molar-refractivity contribution < 1.29 is 27.1 Å². The van der Waals surface area contributed by atoms with Crippen molar-refractivity contribution >= 4 is 18.3 Å². The molecule has 0 bridgehead atoms. The molecule has 25 heavy (non-hydrogen) atoms. The summed E-state index contributed by atoms with van der Waals surface area (Å²) in [4.78, 5) is 12.2. The number of benzene rings is 1. The Morgan fingerprint density at radius 1 is 1.32 bits per heavy atom. The maximum Gasteiger partial charge on any atom is 0.416 e. The minimum absolute atomic E-state index is 0. The lowest BCUT2D eigenvalue weighted by atomic mass is 9.79. The molecule has 1 fully saturated rings. The second-order valence-corrected chi connectivity index (χ2v) is 6.06. The van der Waals surface area contributed by atoms with E-state index in [0.29, 0.717) is 24.8 Å². The van der Waals surface area contributed by atoms with Crippen molar-refractivity contribution in [3.63, 3.8) is 0 Å². The lowest BCUT2D eigenvalue weighted by molar-refractivity contribution is -0.137. The van der Waals surface area contributed by atoms with Crippen LogP contribution in [0.1, 0.15) is 28.8 Å². The third-order valence-corrected chi connectivity index (χ3v) is 4.28. The quantitative estimate of drug-likeness (QED) is 0.767. The minimum atomic E-state index is -4.63. The van der Waals surface area contributed by atoms with Gasteiger partial charge in [0.25, 0.3) is 5.91 Å². The summed E-state index contributed by atoms with van der Waals surface area (Å²) in [6.07, 6.45) is -3.12. The highest BCUT2D eigenvalue weighted by atomic mass is 35.5. The van der Waals surface area contributed by atoms with Gasteiger partial charge >= 0.3 is 6.18 Å². The van der Waals surface area contributed by atoms with Crippen LogP contribution < -0.4 is 10.6 Å². The van der Waals surface area contributed by atoms with Gasteiger partial charge in [0, 0.05) is 19.1 Å². The Balaban J connectivity index is 0.00000312. The molecule has 0 atom stereocenters. The summed E-state index contributed by atoms with van der Waals surface area (Å²) in [5.41, 5.74) is -1.96. The van der Waals surface area contributed by atoms with E-state index in [0.717, 1.165) is 25.9 Å². The molecule has 1 aromatic carbocycles. The predicted octanol–water partition coefficient (Wildman–Crippen LogP) is 3.01. The van der Waals surface area contributed by atoms with Crippen molar-refractivity contribution in [3.05, 3.63) is 35.1 Å². The monoisotopic (exact) mass is 384 g/mol. The van der Waals surface area contributed by atoms with E-state index in [1.54, 1.807) is 7.11 Å². The molecule has 0 unspecified atom stereocenters. The van der Waals surface area contributed by atoms with Crippen molar-refractivity contribution in [1.82, 2.24) is 10.6 Å². The summed E-state index contributed by atoms with van der Waals surface area (Å²) in [5.74, 6) is -1.83. The van der Waals surface area contributed by atoms with Crippen LogP contribution in [-0.4, -0.2) is 39.3 Å². The number of nitrogens with one attached hydrogen (secondary N) is 2. The Morgan fingerprint density at radius 3 is 2.52 bits per heavy atom. The smallest absolute Gasteiger partial charge is 0.384 e. The molecule has 1 aromatic rings. The number of carbonyl (C=O) groups is 1. The van der Waals surface area contributed by atoms with E-state index in [-0.39, 0.29) is 24.4 Å². The minimum Gasteiger partial charge on any atom is -0.384 e. The van der Waals surface area contributed by atoms with Crippen molar-refractivity contribution in [1.29, 1.82) is 0 Å². The molecule has 0 aliphatic carbocycles. The molecule has 2 rings (SSSR count). The van der Waals surface area contributed by atoms with E-state index in [1.807, 2.05) is 0 Å². The van der Waals surface area contributed by atoms with Crippen molar-refractivity contribution in [2.45, 2.75) is 19.0 Å². The van der Waals surface area contributed by atoms with E-state index in [1.165, 1.54) is 0 Å². The van der Waals surface area contributed by atoms with Gasteiger partial charge in [-0.05, 0) is 44.1 Å².